The summed E-state index contributed by atoms with van der Waals surface area (Å²) in [4.78, 5) is 0.695. The summed E-state index contributed by atoms with van der Waals surface area (Å²) >= 11 is 0. The number of rotatable bonds is 5. The Balaban J connectivity index is 1.90. The Labute approximate surface area is 142 Å². The maximum atomic E-state index is 12.8. The summed E-state index contributed by atoms with van der Waals surface area (Å²) in [7, 11) is 3.67. The smallest absolute Gasteiger partial charge is 0.259 e. The van der Waals surface area contributed by atoms with Gasteiger partial charge in [0.05, 0.1) is 19.4 Å². The number of ether oxygens (including phenoxy) is 2. The maximum absolute atomic E-state index is 12.8. The molecular formula is C17H18N3O3S+. The van der Waals surface area contributed by atoms with Crippen molar-refractivity contribution in [3.05, 3.63) is 54.7 Å². The van der Waals surface area contributed by atoms with Gasteiger partial charge in [-0.05, 0) is 48.5 Å². The van der Waals surface area contributed by atoms with E-state index in [1.165, 1.54) is 0 Å². The third-order valence-corrected chi connectivity index (χ3v) is 5.03. The van der Waals surface area contributed by atoms with Gasteiger partial charge in [-0.3, -0.25) is 0 Å². The molecular weight excluding hydrogens is 326 g/mol. The van der Waals surface area contributed by atoms with E-state index in [0.29, 0.717) is 9.92 Å². The lowest BCUT2D eigenvalue weighted by molar-refractivity contribution is -0.662. The highest BCUT2D eigenvalue weighted by molar-refractivity contribution is 7.85. The van der Waals surface area contributed by atoms with Crippen molar-refractivity contribution in [3.8, 4) is 17.2 Å². The minimum atomic E-state index is -1.33. The molecule has 0 spiro atoms. The lowest BCUT2D eigenvalue weighted by Crippen LogP contribution is -2.32. The van der Waals surface area contributed by atoms with Crippen molar-refractivity contribution >= 4 is 10.8 Å². The van der Waals surface area contributed by atoms with Crippen molar-refractivity contribution < 1.29 is 18.4 Å². The Morgan fingerprint density at radius 2 is 1.50 bits per heavy atom. The fourth-order valence-electron chi connectivity index (χ4n) is 2.25. The average molecular weight is 344 g/mol. The van der Waals surface area contributed by atoms with Gasteiger partial charge in [-0.1, -0.05) is 0 Å². The quantitative estimate of drug-likeness (QED) is 0.663. The molecule has 7 heteroatoms. The summed E-state index contributed by atoms with van der Waals surface area (Å²) in [6.07, 6.45) is 1.77. The second-order valence-corrected chi connectivity index (χ2v) is 6.49. The minimum absolute atomic E-state index is 0.607. The SMILES string of the molecule is COc1ccc(-[n+]2cc(S(=O)c3ccc(OC)cc3)n(C)n2)cc1. The molecule has 0 fully saturated rings. The number of aromatic nitrogens is 3. The van der Waals surface area contributed by atoms with Crippen molar-refractivity contribution in [1.82, 2.24) is 9.90 Å². The van der Waals surface area contributed by atoms with Crippen LogP contribution in [0.5, 0.6) is 11.5 Å². The standard InChI is InChI=1S/C17H18N3O3S/c1-19-17(24(21)16-10-8-15(23-3)9-11-16)12-20(18-19)13-4-6-14(22-2)7-5-13/h4-12H,1-3H3/q+1. The Morgan fingerprint density at radius 1 is 0.958 bits per heavy atom. The van der Waals surface area contributed by atoms with Gasteiger partial charge in [-0.25, -0.2) is 4.21 Å². The second kappa shape index (κ2) is 6.84. The molecule has 0 aliphatic heterocycles. The van der Waals surface area contributed by atoms with Gasteiger partial charge >= 0.3 is 0 Å². The summed E-state index contributed by atoms with van der Waals surface area (Å²) in [5, 5.41) is 5.00. The molecule has 3 rings (SSSR count). The number of aryl methyl sites for hydroxylation is 1. The van der Waals surface area contributed by atoms with E-state index >= 15 is 0 Å². The molecule has 1 unspecified atom stereocenters. The third kappa shape index (κ3) is 3.16. The van der Waals surface area contributed by atoms with Crippen LogP contribution in [0, 0.1) is 0 Å². The van der Waals surface area contributed by atoms with Gasteiger partial charge in [0.15, 0.2) is 11.9 Å². The molecule has 6 nitrogen and oxygen atoms in total. The summed E-state index contributed by atoms with van der Waals surface area (Å²) in [6, 6.07) is 14.7. The van der Waals surface area contributed by atoms with E-state index < -0.39 is 10.8 Å². The molecule has 0 N–H and O–H groups in total. The van der Waals surface area contributed by atoms with Crippen molar-refractivity contribution in [1.29, 1.82) is 0 Å². The molecule has 3 aromatic rings. The molecule has 0 radical (unpaired) electrons. The zero-order valence-electron chi connectivity index (χ0n) is 13.7. The fourth-order valence-corrected chi connectivity index (χ4v) is 3.35. The summed E-state index contributed by atoms with van der Waals surface area (Å²) < 4.78 is 26.4. The Hall–Kier alpha value is -2.67. The lowest BCUT2D eigenvalue weighted by atomic mass is 10.3. The van der Waals surface area contributed by atoms with Gasteiger partial charge in [0.1, 0.15) is 29.3 Å². The van der Waals surface area contributed by atoms with Crippen molar-refractivity contribution in [2.75, 3.05) is 14.2 Å². The van der Waals surface area contributed by atoms with E-state index in [4.69, 9.17) is 9.47 Å². The highest BCUT2D eigenvalue weighted by atomic mass is 32.2. The minimum Gasteiger partial charge on any atom is -0.497 e. The van der Waals surface area contributed by atoms with Gasteiger partial charge in [0.25, 0.3) is 5.03 Å². The van der Waals surface area contributed by atoms with Crippen LogP contribution in [0.3, 0.4) is 0 Å². The second-order valence-electron chi connectivity index (χ2n) is 5.07. The zero-order valence-corrected chi connectivity index (χ0v) is 14.5. The molecule has 2 aromatic carbocycles. The molecule has 0 aliphatic rings. The molecule has 0 bridgehead atoms. The monoisotopic (exact) mass is 344 g/mol. The largest absolute Gasteiger partial charge is 0.497 e. The van der Waals surface area contributed by atoms with Gasteiger partial charge < -0.3 is 9.47 Å². The number of hydrogen-bond donors (Lipinski definition) is 0. The summed E-state index contributed by atoms with van der Waals surface area (Å²) in [6.45, 7) is 0. The molecule has 0 saturated carbocycles. The van der Waals surface area contributed by atoms with Crippen LogP contribution in [0.1, 0.15) is 0 Å². The predicted octanol–water partition coefficient (Wildman–Crippen LogP) is 1.88. The molecule has 0 amide bonds. The van der Waals surface area contributed by atoms with Crippen LogP contribution in [0.15, 0.2) is 64.6 Å². The number of benzene rings is 2. The van der Waals surface area contributed by atoms with Gasteiger partial charge in [0.2, 0.25) is 0 Å². The van der Waals surface area contributed by atoms with Crippen LogP contribution in [-0.4, -0.2) is 28.3 Å². The van der Waals surface area contributed by atoms with Crippen LogP contribution in [0.2, 0.25) is 0 Å². The van der Waals surface area contributed by atoms with Crippen molar-refractivity contribution in [2.24, 2.45) is 7.05 Å². The molecule has 0 aliphatic carbocycles. The van der Waals surface area contributed by atoms with E-state index in [1.54, 1.807) is 61.1 Å². The van der Waals surface area contributed by atoms with Crippen molar-refractivity contribution in [2.45, 2.75) is 9.92 Å². The Bertz CT molecular complexity index is 858. The zero-order chi connectivity index (χ0) is 17.1. The molecule has 1 atom stereocenters. The van der Waals surface area contributed by atoms with Crippen LogP contribution in [-0.2, 0) is 17.8 Å². The van der Waals surface area contributed by atoms with Gasteiger partial charge in [0, 0.05) is 4.90 Å². The normalized spacial score (nSPS) is 12.0. The van der Waals surface area contributed by atoms with E-state index in [9.17, 15) is 4.21 Å². The summed E-state index contributed by atoms with van der Waals surface area (Å²) in [5.74, 6) is 1.51. The maximum Gasteiger partial charge on any atom is 0.259 e. The first-order chi connectivity index (χ1) is 11.6. The summed E-state index contributed by atoms with van der Waals surface area (Å²) in [5.41, 5.74) is 0.865. The fraction of sp³-hybridized carbons (Fsp3) is 0.176. The van der Waals surface area contributed by atoms with Crippen LogP contribution in [0.4, 0.5) is 0 Å². The first kappa shape index (κ1) is 16.2. The predicted molar refractivity (Wildman–Crippen MR) is 89.0 cm³/mol. The van der Waals surface area contributed by atoms with E-state index in [1.807, 2.05) is 24.3 Å². The molecule has 1 aromatic heterocycles. The molecule has 1 heterocycles. The first-order valence-electron chi connectivity index (χ1n) is 7.28. The van der Waals surface area contributed by atoms with E-state index in [-0.39, 0.29) is 0 Å². The topological polar surface area (TPSA) is 57.2 Å². The van der Waals surface area contributed by atoms with Crippen molar-refractivity contribution in [3.63, 3.8) is 0 Å². The van der Waals surface area contributed by atoms with Crippen LogP contribution in [0.25, 0.3) is 5.69 Å². The van der Waals surface area contributed by atoms with Crippen LogP contribution >= 0.6 is 0 Å². The molecule has 0 saturated heterocycles. The Morgan fingerprint density at radius 3 is 2.04 bits per heavy atom. The molecule has 24 heavy (non-hydrogen) atoms. The Kier molecular flexibility index (Phi) is 4.61. The first-order valence-corrected chi connectivity index (χ1v) is 8.43. The number of nitrogens with zero attached hydrogens (tertiary/aromatic N) is 3. The lowest BCUT2D eigenvalue weighted by Gasteiger charge is -2.01. The van der Waals surface area contributed by atoms with Gasteiger partial charge in [-0.15, -0.1) is 9.36 Å². The van der Waals surface area contributed by atoms with E-state index in [2.05, 4.69) is 5.21 Å². The highest BCUT2D eigenvalue weighted by Crippen LogP contribution is 2.19. The highest BCUT2D eigenvalue weighted by Gasteiger charge is 2.21. The number of methoxy groups -OCH3 is 2. The van der Waals surface area contributed by atoms with Crippen LogP contribution < -0.4 is 14.2 Å². The van der Waals surface area contributed by atoms with Gasteiger partial charge in [-0.2, -0.15) is 0 Å². The average Bonchev–Trinajstić information content (AvgIpc) is 3.03. The van der Waals surface area contributed by atoms with E-state index in [0.717, 1.165) is 17.2 Å². The number of hydrogen-bond acceptors (Lipinski definition) is 4. The third-order valence-electron chi connectivity index (χ3n) is 3.58. The molecule has 124 valence electrons.